The zero-order valence-electron chi connectivity index (χ0n) is 24.1. The fraction of sp³-hybridized carbons (Fsp3) is 0.625. The third kappa shape index (κ3) is 8.73. The van der Waals surface area contributed by atoms with Gasteiger partial charge in [-0.3, -0.25) is 0 Å². The molecule has 2 aromatic carbocycles. The zero-order valence-corrected chi connectivity index (χ0v) is 24.1. The molecule has 7 heteroatoms. The number of hydrogen-bond acceptors (Lipinski definition) is 6. The van der Waals surface area contributed by atoms with E-state index in [1.54, 1.807) is 7.11 Å². The Bertz CT molecular complexity index is 954. The number of ether oxygens (including phenoxy) is 5. The number of unbranched alkanes of at least 4 members (excludes halogenated alkanes) is 3. The molecule has 0 radical (unpaired) electrons. The molecule has 39 heavy (non-hydrogen) atoms. The summed E-state index contributed by atoms with van der Waals surface area (Å²) in [6.45, 7) is 7.49. The highest BCUT2D eigenvalue weighted by Crippen LogP contribution is 2.41. The smallest absolute Gasteiger partial charge is 0.222 e. The van der Waals surface area contributed by atoms with Crippen molar-refractivity contribution in [2.45, 2.75) is 96.0 Å². The average Bonchev–Trinajstić information content (AvgIpc) is 2.95. The normalized spacial score (nSPS) is 25.1. The minimum absolute atomic E-state index is 0.0321. The van der Waals surface area contributed by atoms with Crippen LogP contribution in [-0.4, -0.2) is 63.1 Å². The van der Waals surface area contributed by atoms with Gasteiger partial charge >= 0.3 is 0 Å². The first-order valence-electron chi connectivity index (χ1n) is 14.5. The van der Waals surface area contributed by atoms with Crippen molar-refractivity contribution in [3.8, 4) is 5.75 Å². The summed E-state index contributed by atoms with van der Waals surface area (Å²) in [6.07, 6.45) is 1.41. The van der Waals surface area contributed by atoms with Gasteiger partial charge in [0.05, 0.1) is 13.7 Å². The van der Waals surface area contributed by atoms with Crippen molar-refractivity contribution in [1.29, 1.82) is 0 Å². The van der Waals surface area contributed by atoms with Crippen molar-refractivity contribution in [2.24, 2.45) is 0 Å². The highest BCUT2D eigenvalue weighted by molar-refractivity contribution is 5.35. The van der Waals surface area contributed by atoms with Gasteiger partial charge in [-0.1, -0.05) is 70.4 Å². The molecule has 1 aliphatic heterocycles. The Balaban J connectivity index is 1.93. The maximum absolute atomic E-state index is 16.0. The van der Waals surface area contributed by atoms with Gasteiger partial charge in [-0.15, -0.1) is 0 Å². The maximum Gasteiger partial charge on any atom is 0.222 e. The molecule has 218 valence electrons. The van der Waals surface area contributed by atoms with E-state index >= 15 is 4.39 Å². The van der Waals surface area contributed by atoms with E-state index in [1.807, 2.05) is 48.5 Å². The second kappa shape index (κ2) is 16.3. The van der Waals surface area contributed by atoms with Crippen LogP contribution < -0.4 is 4.74 Å². The average molecular weight is 547 g/mol. The summed E-state index contributed by atoms with van der Waals surface area (Å²) in [4.78, 5) is 0. The predicted molar refractivity (Wildman–Crippen MR) is 151 cm³/mol. The first kappa shape index (κ1) is 31.5. The Morgan fingerprint density at radius 3 is 2.21 bits per heavy atom. The van der Waals surface area contributed by atoms with E-state index in [1.165, 1.54) is 0 Å². The number of benzene rings is 2. The molecule has 0 saturated carbocycles. The zero-order chi connectivity index (χ0) is 28.1. The number of methoxy groups -OCH3 is 1. The molecule has 1 N–H and O–H groups in total. The lowest BCUT2D eigenvalue weighted by Crippen LogP contribution is -2.64. The van der Waals surface area contributed by atoms with Crippen molar-refractivity contribution in [2.75, 3.05) is 33.5 Å². The molecule has 5 atom stereocenters. The molecule has 0 aromatic heterocycles. The Hall–Kier alpha value is -2.03. The van der Waals surface area contributed by atoms with E-state index in [4.69, 9.17) is 23.7 Å². The fourth-order valence-electron chi connectivity index (χ4n) is 4.76. The fourth-order valence-corrected chi connectivity index (χ4v) is 4.76. The van der Waals surface area contributed by atoms with Crippen LogP contribution in [-0.2, 0) is 31.2 Å². The van der Waals surface area contributed by atoms with Crippen LogP contribution in [0.5, 0.6) is 5.75 Å². The lowest BCUT2D eigenvalue weighted by Gasteiger charge is -2.48. The molecular formula is C32H47FO6. The summed E-state index contributed by atoms with van der Waals surface area (Å²) in [7, 11) is 1.64. The molecule has 0 bridgehead atoms. The summed E-state index contributed by atoms with van der Waals surface area (Å²) < 4.78 is 45.5. The monoisotopic (exact) mass is 546 g/mol. The summed E-state index contributed by atoms with van der Waals surface area (Å²) in [5.74, 6) is -1.10. The molecular weight excluding hydrogens is 499 g/mol. The van der Waals surface area contributed by atoms with Crippen LogP contribution in [0.1, 0.15) is 76.0 Å². The molecule has 1 saturated heterocycles. The molecule has 1 aliphatic rings. The van der Waals surface area contributed by atoms with E-state index in [2.05, 4.69) is 20.8 Å². The Morgan fingerprint density at radius 1 is 0.872 bits per heavy atom. The molecule has 0 spiro atoms. The van der Waals surface area contributed by atoms with E-state index < -0.39 is 30.3 Å². The first-order chi connectivity index (χ1) is 19.0. The second-order valence-corrected chi connectivity index (χ2v) is 10.3. The summed E-state index contributed by atoms with van der Waals surface area (Å²) in [5.41, 5.74) is 2.61. The van der Waals surface area contributed by atoms with Gasteiger partial charge in [-0.05, 0) is 55.0 Å². The summed E-state index contributed by atoms with van der Waals surface area (Å²) in [6, 6.07) is 15.5. The minimum atomic E-state index is -1.90. The minimum Gasteiger partial charge on any atom is -0.497 e. The van der Waals surface area contributed by atoms with Gasteiger partial charge in [0.15, 0.2) is 6.17 Å². The predicted octanol–water partition coefficient (Wildman–Crippen LogP) is 6.36. The number of rotatable bonds is 17. The van der Waals surface area contributed by atoms with Crippen LogP contribution in [0.25, 0.3) is 0 Å². The Labute approximate surface area is 233 Å². The van der Waals surface area contributed by atoms with Crippen LogP contribution in [0.15, 0.2) is 48.5 Å². The van der Waals surface area contributed by atoms with E-state index in [-0.39, 0.29) is 6.61 Å². The quantitative estimate of drug-likeness (QED) is 0.233. The van der Waals surface area contributed by atoms with Crippen LogP contribution in [0.4, 0.5) is 4.39 Å². The third-order valence-corrected chi connectivity index (χ3v) is 7.12. The summed E-state index contributed by atoms with van der Waals surface area (Å²) in [5, 5.41) is 12.2. The Morgan fingerprint density at radius 2 is 1.54 bits per heavy atom. The maximum atomic E-state index is 16.0. The van der Waals surface area contributed by atoms with Crippen LogP contribution in [0.3, 0.4) is 0 Å². The van der Waals surface area contributed by atoms with E-state index in [0.717, 1.165) is 55.4 Å². The highest BCUT2D eigenvalue weighted by Gasteiger charge is 2.57. The molecule has 5 unspecified atom stereocenters. The van der Waals surface area contributed by atoms with Crippen molar-refractivity contribution < 1.29 is 33.2 Å². The van der Waals surface area contributed by atoms with Gasteiger partial charge in [-0.25, -0.2) is 4.39 Å². The molecule has 0 aliphatic carbocycles. The standard InChI is InChI=1S/C32H47FO6/c1-5-8-18-36-23-28-29(33)30(37-19-9-6-2)31(38-20-10-7-3)32(34,39-28)26-13-11-12-25(22-26)21-24-14-16-27(35-4)17-15-24/h11-17,22,28-31,34H,5-10,18-21,23H2,1-4H3. The molecule has 3 rings (SSSR count). The SMILES string of the molecule is CCCCOCC1OC(O)(c2cccc(Cc3ccc(OC)cc3)c2)C(OCCCC)C(OCCCC)C1F. The molecule has 2 aromatic rings. The van der Waals surface area contributed by atoms with Crippen molar-refractivity contribution in [1.82, 2.24) is 0 Å². The highest BCUT2D eigenvalue weighted by atomic mass is 19.1. The van der Waals surface area contributed by atoms with Gasteiger partial charge in [-0.2, -0.15) is 0 Å². The molecule has 6 nitrogen and oxygen atoms in total. The van der Waals surface area contributed by atoms with Crippen molar-refractivity contribution in [3.05, 3.63) is 65.2 Å². The number of hydrogen-bond donors (Lipinski definition) is 1. The van der Waals surface area contributed by atoms with Crippen LogP contribution in [0, 0.1) is 0 Å². The Kier molecular flexibility index (Phi) is 13.2. The van der Waals surface area contributed by atoms with Crippen LogP contribution >= 0.6 is 0 Å². The number of aliphatic hydroxyl groups is 1. The number of alkyl halides is 1. The topological polar surface area (TPSA) is 66.4 Å². The second-order valence-electron chi connectivity index (χ2n) is 10.3. The van der Waals surface area contributed by atoms with Gasteiger partial charge in [0.25, 0.3) is 0 Å². The van der Waals surface area contributed by atoms with E-state index in [0.29, 0.717) is 31.8 Å². The van der Waals surface area contributed by atoms with Crippen LogP contribution in [0.2, 0.25) is 0 Å². The van der Waals surface area contributed by atoms with E-state index in [9.17, 15) is 5.11 Å². The van der Waals surface area contributed by atoms with Gasteiger partial charge in [0.1, 0.15) is 24.1 Å². The number of halogens is 1. The third-order valence-electron chi connectivity index (χ3n) is 7.12. The first-order valence-corrected chi connectivity index (χ1v) is 14.5. The molecule has 0 amide bonds. The molecule has 1 heterocycles. The lowest BCUT2D eigenvalue weighted by molar-refractivity contribution is -0.363. The van der Waals surface area contributed by atoms with Gasteiger partial charge in [0.2, 0.25) is 5.79 Å². The van der Waals surface area contributed by atoms with Gasteiger partial charge in [0, 0.05) is 25.4 Å². The summed E-state index contributed by atoms with van der Waals surface area (Å²) >= 11 is 0. The largest absolute Gasteiger partial charge is 0.497 e. The van der Waals surface area contributed by atoms with Gasteiger partial charge < -0.3 is 28.8 Å². The molecule has 1 fully saturated rings. The van der Waals surface area contributed by atoms with Crippen molar-refractivity contribution in [3.63, 3.8) is 0 Å². The lowest BCUT2D eigenvalue weighted by atomic mass is 9.87. The van der Waals surface area contributed by atoms with Crippen molar-refractivity contribution >= 4 is 0 Å².